The van der Waals surface area contributed by atoms with Gasteiger partial charge in [0, 0.05) is 48.9 Å². The van der Waals surface area contributed by atoms with Crippen LogP contribution in [0.1, 0.15) is 11.1 Å². The third-order valence-electron chi connectivity index (χ3n) is 7.32. The van der Waals surface area contributed by atoms with Crippen LogP contribution in [0, 0.1) is 0 Å². The summed E-state index contributed by atoms with van der Waals surface area (Å²) in [5.41, 5.74) is 16.2. The molecule has 0 aromatic heterocycles. The smallest absolute Gasteiger partial charge is 0.229 e. The van der Waals surface area contributed by atoms with Gasteiger partial charge >= 0.3 is 0 Å². The van der Waals surface area contributed by atoms with E-state index in [1.54, 1.807) is 24.3 Å². The molecule has 312 valence electrons. The molecule has 13 nitrogen and oxygen atoms in total. The number of nitrogens with two attached hydrogens (primary N) is 2. The van der Waals surface area contributed by atoms with Crippen LogP contribution in [0.15, 0.2) is 97.1 Å². The van der Waals surface area contributed by atoms with Crippen molar-refractivity contribution in [3.8, 4) is 11.5 Å². The second-order valence-electron chi connectivity index (χ2n) is 12.1. The molecule has 0 atom stereocenters. The van der Waals surface area contributed by atoms with E-state index in [-0.39, 0.29) is 55.1 Å². The molecule has 8 N–H and O–H groups in total. The van der Waals surface area contributed by atoms with Crippen LogP contribution in [-0.2, 0) is 32.9 Å². The zero-order valence-corrected chi connectivity index (χ0v) is 36.2. The standard InChI is InChI=1S/2C18H25N3O3S.4ClH.H2O/c2*1-21(13-14-24-18-9-5-16(19)6-10-18)12-11-15-3-7-17(8-4-15)20-25(2,22)23;;;;;/h2*3-10,20H,11-14,19H2,1-2H3;4*1H;1H2. The fourth-order valence-electron chi connectivity index (χ4n) is 4.54. The average molecular weight is 891 g/mol. The normalized spacial score (nSPS) is 10.4. The molecule has 4 rings (SSSR count). The molecule has 0 unspecified atom stereocenters. The molecule has 19 heteroatoms. The van der Waals surface area contributed by atoms with Gasteiger partial charge in [-0.15, -0.1) is 49.6 Å². The summed E-state index contributed by atoms with van der Waals surface area (Å²) < 4.78 is 61.0. The minimum absolute atomic E-state index is 0. The van der Waals surface area contributed by atoms with E-state index in [1.807, 2.05) is 86.9 Å². The summed E-state index contributed by atoms with van der Waals surface area (Å²) in [5, 5.41) is 0. The third kappa shape index (κ3) is 25.4. The van der Waals surface area contributed by atoms with Crippen molar-refractivity contribution in [2.75, 3.05) is 86.9 Å². The van der Waals surface area contributed by atoms with Gasteiger partial charge in [0.2, 0.25) is 20.0 Å². The number of rotatable bonds is 18. The van der Waals surface area contributed by atoms with Crippen molar-refractivity contribution in [2.24, 2.45) is 0 Å². The average Bonchev–Trinajstić information content (AvgIpc) is 3.05. The minimum atomic E-state index is -3.23. The summed E-state index contributed by atoms with van der Waals surface area (Å²) in [6.07, 6.45) is 4.06. The maximum atomic E-state index is 11.2. The van der Waals surface area contributed by atoms with E-state index < -0.39 is 20.0 Å². The van der Waals surface area contributed by atoms with Gasteiger partial charge in [0.05, 0.1) is 12.5 Å². The van der Waals surface area contributed by atoms with Gasteiger partial charge in [-0.3, -0.25) is 9.44 Å². The molecule has 0 amide bonds. The zero-order chi connectivity index (χ0) is 36.6. The predicted molar refractivity (Wildman–Crippen MR) is 238 cm³/mol. The van der Waals surface area contributed by atoms with Gasteiger partial charge in [-0.1, -0.05) is 24.3 Å². The van der Waals surface area contributed by atoms with Crippen molar-refractivity contribution in [3.63, 3.8) is 0 Å². The molecule has 4 aromatic carbocycles. The fourth-order valence-corrected chi connectivity index (χ4v) is 5.67. The van der Waals surface area contributed by atoms with Gasteiger partial charge in [0.15, 0.2) is 0 Å². The van der Waals surface area contributed by atoms with Gasteiger partial charge < -0.3 is 36.2 Å². The molecular weight excluding hydrogens is 834 g/mol. The van der Waals surface area contributed by atoms with Crippen LogP contribution in [-0.4, -0.2) is 98.1 Å². The Morgan fingerprint density at radius 2 is 0.800 bits per heavy atom. The Balaban J connectivity index is -0.000000901. The Morgan fingerprint density at radius 3 is 1.07 bits per heavy atom. The first-order valence-electron chi connectivity index (χ1n) is 16.1. The maximum absolute atomic E-state index is 11.2. The second kappa shape index (κ2) is 28.1. The Labute approximate surface area is 351 Å². The number of hydrogen-bond acceptors (Lipinski definition) is 10. The molecule has 0 spiro atoms. The lowest BCUT2D eigenvalue weighted by Gasteiger charge is -2.17. The first-order chi connectivity index (χ1) is 23.6. The molecule has 55 heavy (non-hydrogen) atoms. The van der Waals surface area contributed by atoms with Crippen molar-refractivity contribution >= 4 is 92.4 Å². The number of benzene rings is 4. The van der Waals surface area contributed by atoms with Crippen molar-refractivity contribution < 1.29 is 31.8 Å². The van der Waals surface area contributed by atoms with Gasteiger partial charge in [-0.05, 0) is 111 Å². The molecule has 0 aliphatic carbocycles. The lowest BCUT2D eigenvalue weighted by molar-refractivity contribution is 0.239. The van der Waals surface area contributed by atoms with Crippen LogP contribution in [0.5, 0.6) is 11.5 Å². The summed E-state index contributed by atoms with van der Waals surface area (Å²) >= 11 is 0. The maximum Gasteiger partial charge on any atom is 0.229 e. The number of nitrogens with one attached hydrogen (secondary N) is 2. The van der Waals surface area contributed by atoms with Crippen LogP contribution in [0.3, 0.4) is 0 Å². The minimum Gasteiger partial charge on any atom is -0.492 e. The Bertz CT molecular complexity index is 1680. The van der Waals surface area contributed by atoms with E-state index in [0.29, 0.717) is 24.6 Å². The van der Waals surface area contributed by atoms with Crippen molar-refractivity contribution in [1.82, 2.24) is 9.80 Å². The van der Waals surface area contributed by atoms with E-state index in [0.717, 1.165) is 85.5 Å². The summed E-state index contributed by atoms with van der Waals surface area (Å²) in [7, 11) is -2.37. The van der Waals surface area contributed by atoms with Crippen LogP contribution >= 0.6 is 49.6 Å². The van der Waals surface area contributed by atoms with Crippen LogP contribution in [0.4, 0.5) is 22.7 Å². The third-order valence-corrected chi connectivity index (χ3v) is 8.54. The molecule has 0 heterocycles. The van der Waals surface area contributed by atoms with Gasteiger partial charge in [-0.25, -0.2) is 16.8 Å². The molecular formula is C36H56Cl4N6O7S2. The highest BCUT2D eigenvalue weighted by Gasteiger charge is 2.05. The molecule has 0 radical (unpaired) electrons. The Kier molecular flexibility index (Phi) is 28.6. The van der Waals surface area contributed by atoms with Gasteiger partial charge in [0.25, 0.3) is 0 Å². The number of ether oxygens (including phenoxy) is 2. The van der Waals surface area contributed by atoms with Crippen molar-refractivity contribution in [1.29, 1.82) is 0 Å². The fraction of sp³-hybridized carbons (Fsp3) is 0.333. The summed E-state index contributed by atoms with van der Waals surface area (Å²) in [4.78, 5) is 4.39. The lowest BCUT2D eigenvalue weighted by atomic mass is 10.1. The van der Waals surface area contributed by atoms with Gasteiger partial charge in [0.1, 0.15) is 24.7 Å². The number of sulfonamides is 2. The Morgan fingerprint density at radius 1 is 0.509 bits per heavy atom. The number of halogens is 4. The summed E-state index contributed by atoms with van der Waals surface area (Å²) in [6, 6.07) is 29.6. The SMILES string of the molecule is CN(CCOc1ccc(N)cc1)CCc1ccc(NS(C)(=O)=O)cc1.CN(CCOc1ccc(N)cc1)CCc1ccc(NS(C)(=O)=O)cc1.Cl.Cl.Cl.Cl.O. The summed E-state index contributed by atoms with van der Waals surface area (Å²) in [6.45, 7) is 4.64. The molecule has 0 fully saturated rings. The largest absolute Gasteiger partial charge is 0.492 e. The first-order valence-corrected chi connectivity index (χ1v) is 19.9. The highest BCUT2D eigenvalue weighted by atomic mass is 35.5. The van der Waals surface area contributed by atoms with Crippen LogP contribution in [0.25, 0.3) is 0 Å². The summed E-state index contributed by atoms with van der Waals surface area (Å²) in [5.74, 6) is 1.63. The van der Waals surface area contributed by atoms with E-state index in [9.17, 15) is 16.8 Å². The van der Waals surface area contributed by atoms with Crippen molar-refractivity contribution in [3.05, 3.63) is 108 Å². The molecule has 4 aromatic rings. The van der Waals surface area contributed by atoms with Crippen LogP contribution in [0.2, 0.25) is 0 Å². The van der Waals surface area contributed by atoms with E-state index >= 15 is 0 Å². The van der Waals surface area contributed by atoms with E-state index in [1.165, 1.54) is 0 Å². The Hall–Kier alpha value is -3.38. The number of nitrogen functional groups attached to an aromatic ring is 2. The topological polar surface area (TPSA) is 201 Å². The predicted octanol–water partition coefficient (Wildman–Crippen LogP) is 5.25. The molecule has 0 saturated heterocycles. The first kappa shape index (κ1) is 56.0. The van der Waals surface area contributed by atoms with E-state index in [2.05, 4.69) is 19.2 Å². The zero-order valence-electron chi connectivity index (χ0n) is 31.3. The van der Waals surface area contributed by atoms with Gasteiger partial charge in [-0.2, -0.15) is 0 Å². The quantitative estimate of drug-likeness (QED) is 0.0957. The van der Waals surface area contributed by atoms with Crippen molar-refractivity contribution in [2.45, 2.75) is 12.8 Å². The molecule has 0 aliphatic rings. The molecule has 0 bridgehead atoms. The molecule has 0 aliphatic heterocycles. The van der Waals surface area contributed by atoms with E-state index in [4.69, 9.17) is 20.9 Å². The van der Waals surface area contributed by atoms with Crippen LogP contribution < -0.4 is 30.4 Å². The lowest BCUT2D eigenvalue weighted by Crippen LogP contribution is -2.26. The number of anilines is 4. The second-order valence-corrected chi connectivity index (χ2v) is 15.6. The number of nitrogens with zero attached hydrogens (tertiary/aromatic N) is 2. The highest BCUT2D eigenvalue weighted by Crippen LogP contribution is 2.15. The highest BCUT2D eigenvalue weighted by molar-refractivity contribution is 7.92. The number of likely N-dealkylation sites (N-methyl/N-ethyl adjacent to an activating group) is 2. The monoisotopic (exact) mass is 888 g/mol. The molecule has 0 saturated carbocycles. The number of hydrogen-bond donors (Lipinski definition) is 4.